The van der Waals surface area contributed by atoms with Gasteiger partial charge in [-0.05, 0) is 35.4 Å². The van der Waals surface area contributed by atoms with Crippen LogP contribution in [0.15, 0.2) is 103 Å². The number of phenols is 2. The Morgan fingerprint density at radius 3 is 1.47 bits per heavy atom. The van der Waals surface area contributed by atoms with Crippen molar-refractivity contribution in [1.29, 1.82) is 0 Å². The Balaban J connectivity index is 2.16. The predicted octanol–water partition coefficient (Wildman–Crippen LogP) is 5.18. The summed E-state index contributed by atoms with van der Waals surface area (Å²) < 4.78 is 0. The molecule has 0 spiro atoms. The third-order valence-electron chi connectivity index (χ3n) is 5.39. The monoisotopic (exact) mass is 396 g/mol. The van der Waals surface area contributed by atoms with Gasteiger partial charge in [0.1, 0.15) is 11.5 Å². The van der Waals surface area contributed by atoms with E-state index in [1.165, 1.54) is 12.1 Å². The lowest BCUT2D eigenvalue weighted by molar-refractivity contribution is 0.0697. The predicted molar refractivity (Wildman–Crippen MR) is 115 cm³/mol. The molecule has 0 bridgehead atoms. The first-order chi connectivity index (χ1) is 14.5. The van der Waals surface area contributed by atoms with Crippen LogP contribution in [0.5, 0.6) is 11.5 Å². The maximum absolute atomic E-state index is 11.4. The van der Waals surface area contributed by atoms with Gasteiger partial charge in [0.05, 0.1) is 11.0 Å². The van der Waals surface area contributed by atoms with E-state index >= 15 is 0 Å². The number of phenolic OH excluding ortho intramolecular Hbond substituents is 2. The number of benzene rings is 4. The van der Waals surface area contributed by atoms with Gasteiger partial charge in [0.25, 0.3) is 0 Å². The zero-order valence-corrected chi connectivity index (χ0v) is 16.1. The summed E-state index contributed by atoms with van der Waals surface area (Å²) in [5.74, 6) is -0.865. The maximum atomic E-state index is 11.4. The molecule has 0 amide bonds. The van der Waals surface area contributed by atoms with E-state index in [1.54, 1.807) is 36.4 Å². The molecule has 4 aromatic carbocycles. The minimum Gasteiger partial charge on any atom is -0.508 e. The zero-order valence-electron chi connectivity index (χ0n) is 16.1. The fourth-order valence-electron chi connectivity index (χ4n) is 4.07. The molecular weight excluding hydrogens is 376 g/mol. The van der Waals surface area contributed by atoms with Crippen LogP contribution in [0.4, 0.5) is 0 Å². The Kier molecular flexibility index (Phi) is 4.98. The molecule has 0 saturated carbocycles. The Bertz CT molecular complexity index is 1140. The number of aromatic hydroxyl groups is 2. The standard InChI is InChI=1S/C26H20O4/c27-23-12-6-4-10-21(23)26(19-8-2-1-3-9-19,22-11-5-7-13-24(22)28)20-16-14-18(15-17-20)25(29)30/h1-17,27-28H,(H,29,30). The summed E-state index contributed by atoms with van der Waals surface area (Å²) in [5.41, 5.74) is 1.82. The summed E-state index contributed by atoms with van der Waals surface area (Å²) >= 11 is 0. The van der Waals surface area contributed by atoms with Gasteiger partial charge in [0.2, 0.25) is 0 Å². The smallest absolute Gasteiger partial charge is 0.335 e. The number of aromatic carboxylic acids is 1. The Morgan fingerprint density at radius 2 is 1.00 bits per heavy atom. The molecule has 0 saturated heterocycles. The molecule has 0 radical (unpaired) electrons. The van der Waals surface area contributed by atoms with Gasteiger partial charge < -0.3 is 15.3 Å². The van der Waals surface area contributed by atoms with Crippen molar-refractivity contribution >= 4 is 5.97 Å². The molecule has 4 nitrogen and oxygen atoms in total. The molecule has 3 N–H and O–H groups in total. The van der Waals surface area contributed by atoms with E-state index in [4.69, 9.17) is 0 Å². The summed E-state index contributed by atoms with van der Waals surface area (Å²) in [7, 11) is 0. The Morgan fingerprint density at radius 1 is 0.567 bits per heavy atom. The molecule has 4 aromatic rings. The average Bonchev–Trinajstić information content (AvgIpc) is 2.77. The van der Waals surface area contributed by atoms with E-state index in [0.717, 1.165) is 11.1 Å². The molecule has 0 fully saturated rings. The molecule has 0 aliphatic rings. The van der Waals surface area contributed by atoms with Crippen molar-refractivity contribution in [3.05, 3.63) is 131 Å². The molecule has 0 aromatic heterocycles. The normalized spacial score (nSPS) is 11.2. The van der Waals surface area contributed by atoms with Gasteiger partial charge in [0.15, 0.2) is 0 Å². The summed E-state index contributed by atoms with van der Waals surface area (Å²) in [5, 5.41) is 31.1. The van der Waals surface area contributed by atoms with E-state index in [1.807, 2.05) is 54.6 Å². The number of carboxylic acid groups (broad SMARTS) is 1. The van der Waals surface area contributed by atoms with Crippen molar-refractivity contribution < 1.29 is 20.1 Å². The highest BCUT2D eigenvalue weighted by molar-refractivity contribution is 5.87. The van der Waals surface area contributed by atoms with Crippen molar-refractivity contribution in [2.24, 2.45) is 0 Å². The first-order valence-corrected chi connectivity index (χ1v) is 9.51. The molecule has 148 valence electrons. The molecular formula is C26H20O4. The molecule has 0 heterocycles. The van der Waals surface area contributed by atoms with E-state index in [9.17, 15) is 20.1 Å². The van der Waals surface area contributed by atoms with Crippen LogP contribution in [0, 0.1) is 0 Å². The lowest BCUT2D eigenvalue weighted by Gasteiger charge is -2.37. The van der Waals surface area contributed by atoms with Crippen LogP contribution in [-0.2, 0) is 5.41 Å². The Hall–Kier alpha value is -4.05. The second-order valence-electron chi connectivity index (χ2n) is 7.03. The molecule has 0 atom stereocenters. The highest BCUT2D eigenvalue weighted by atomic mass is 16.4. The van der Waals surface area contributed by atoms with E-state index < -0.39 is 11.4 Å². The van der Waals surface area contributed by atoms with Gasteiger partial charge in [0, 0.05) is 11.1 Å². The van der Waals surface area contributed by atoms with Crippen molar-refractivity contribution in [2.45, 2.75) is 5.41 Å². The third kappa shape index (κ3) is 3.08. The molecule has 0 aliphatic heterocycles. The van der Waals surface area contributed by atoms with Crippen molar-refractivity contribution in [2.75, 3.05) is 0 Å². The fourth-order valence-corrected chi connectivity index (χ4v) is 4.07. The lowest BCUT2D eigenvalue weighted by atomic mass is 9.64. The van der Waals surface area contributed by atoms with E-state index in [0.29, 0.717) is 11.1 Å². The summed E-state index contributed by atoms with van der Waals surface area (Å²) in [4.78, 5) is 11.4. The zero-order chi connectivity index (χ0) is 21.1. The molecule has 30 heavy (non-hydrogen) atoms. The van der Waals surface area contributed by atoms with Crippen LogP contribution in [0.1, 0.15) is 32.6 Å². The van der Waals surface area contributed by atoms with Crippen molar-refractivity contribution in [1.82, 2.24) is 0 Å². The second kappa shape index (κ2) is 7.76. The number of carbonyl (C=O) groups is 1. The minimum atomic E-state index is -1.06. The topological polar surface area (TPSA) is 77.8 Å². The van der Waals surface area contributed by atoms with Gasteiger partial charge in [-0.2, -0.15) is 0 Å². The average molecular weight is 396 g/mol. The number of hydrogen-bond acceptors (Lipinski definition) is 3. The number of carboxylic acids is 1. The molecule has 4 heteroatoms. The van der Waals surface area contributed by atoms with Crippen LogP contribution in [0.3, 0.4) is 0 Å². The number of para-hydroxylation sites is 2. The molecule has 4 rings (SSSR count). The van der Waals surface area contributed by atoms with Gasteiger partial charge >= 0.3 is 5.97 Å². The van der Waals surface area contributed by atoms with Gasteiger partial charge in [-0.25, -0.2) is 4.79 Å². The van der Waals surface area contributed by atoms with Gasteiger partial charge in [-0.3, -0.25) is 0 Å². The van der Waals surface area contributed by atoms with E-state index in [2.05, 4.69) is 0 Å². The quantitative estimate of drug-likeness (QED) is 0.406. The van der Waals surface area contributed by atoms with Crippen LogP contribution in [-0.4, -0.2) is 21.3 Å². The SMILES string of the molecule is O=C(O)c1ccc(C(c2ccccc2)(c2ccccc2O)c2ccccc2O)cc1. The van der Waals surface area contributed by atoms with Gasteiger partial charge in [-0.15, -0.1) is 0 Å². The number of rotatable bonds is 5. The first kappa shape index (κ1) is 19.3. The van der Waals surface area contributed by atoms with Crippen molar-refractivity contribution in [3.63, 3.8) is 0 Å². The summed E-state index contributed by atoms with van der Waals surface area (Å²) in [6.07, 6.45) is 0. The fraction of sp³-hybridized carbons (Fsp3) is 0.0385. The largest absolute Gasteiger partial charge is 0.508 e. The van der Waals surface area contributed by atoms with Crippen LogP contribution in [0.2, 0.25) is 0 Å². The number of hydrogen-bond donors (Lipinski definition) is 3. The minimum absolute atomic E-state index is 0.0758. The van der Waals surface area contributed by atoms with Crippen LogP contribution >= 0.6 is 0 Å². The third-order valence-corrected chi connectivity index (χ3v) is 5.39. The van der Waals surface area contributed by atoms with Crippen LogP contribution in [0.25, 0.3) is 0 Å². The first-order valence-electron chi connectivity index (χ1n) is 9.51. The Labute approximate surface area is 174 Å². The van der Waals surface area contributed by atoms with E-state index in [-0.39, 0.29) is 17.1 Å². The summed E-state index contributed by atoms with van der Waals surface area (Å²) in [6, 6.07) is 30.1. The van der Waals surface area contributed by atoms with Gasteiger partial charge in [-0.1, -0.05) is 78.9 Å². The highest BCUT2D eigenvalue weighted by Crippen LogP contribution is 2.50. The molecule has 0 unspecified atom stereocenters. The highest BCUT2D eigenvalue weighted by Gasteiger charge is 2.42. The second-order valence-corrected chi connectivity index (χ2v) is 7.03. The van der Waals surface area contributed by atoms with Crippen LogP contribution < -0.4 is 0 Å². The maximum Gasteiger partial charge on any atom is 0.335 e. The van der Waals surface area contributed by atoms with Crippen molar-refractivity contribution in [3.8, 4) is 11.5 Å². The summed E-state index contributed by atoms with van der Waals surface area (Å²) in [6.45, 7) is 0. The molecule has 0 aliphatic carbocycles. The lowest BCUT2D eigenvalue weighted by Crippen LogP contribution is -2.31.